The van der Waals surface area contributed by atoms with Gasteiger partial charge in [-0.05, 0) is 24.7 Å². The highest BCUT2D eigenvalue weighted by Gasteiger charge is 2.06. The van der Waals surface area contributed by atoms with Gasteiger partial charge in [-0.15, -0.1) is 0 Å². The first-order chi connectivity index (χ1) is 12.9. The third kappa shape index (κ3) is 21.1. The predicted octanol–water partition coefficient (Wildman–Crippen LogP) is 5.30. The fraction of sp³-hybridized carbons (Fsp3) is 0.909. The topological polar surface area (TPSA) is 61.8 Å². The average molecular weight is 387 g/mol. The third-order valence-corrected chi connectivity index (χ3v) is 4.28. The van der Waals surface area contributed by atoms with Gasteiger partial charge in [-0.3, -0.25) is 9.59 Å². The van der Waals surface area contributed by atoms with Crippen LogP contribution in [0.3, 0.4) is 0 Å². The van der Waals surface area contributed by atoms with Crippen molar-refractivity contribution in [3.63, 3.8) is 0 Å². The molecule has 5 nitrogen and oxygen atoms in total. The van der Waals surface area contributed by atoms with Gasteiger partial charge in [0, 0.05) is 0 Å². The Bertz CT molecular complexity index is 332. The van der Waals surface area contributed by atoms with Gasteiger partial charge in [0.2, 0.25) is 0 Å². The summed E-state index contributed by atoms with van der Waals surface area (Å²) in [6.07, 6.45) is 9.33. The van der Waals surface area contributed by atoms with Crippen molar-refractivity contribution >= 4 is 11.9 Å². The number of unbranched alkanes of at least 4 members (excludes halogenated alkanes) is 4. The second-order valence-corrected chi connectivity index (χ2v) is 8.04. The number of hydrogen-bond donors (Lipinski definition) is 0. The van der Waals surface area contributed by atoms with Crippen LogP contribution in [0.4, 0.5) is 0 Å². The molecule has 0 aliphatic heterocycles. The van der Waals surface area contributed by atoms with E-state index in [9.17, 15) is 9.59 Å². The van der Waals surface area contributed by atoms with Crippen LogP contribution < -0.4 is 0 Å². The molecule has 0 aromatic carbocycles. The number of ether oxygens (including phenoxy) is 3. The summed E-state index contributed by atoms with van der Waals surface area (Å²) in [7, 11) is 0. The van der Waals surface area contributed by atoms with Crippen LogP contribution in [0.5, 0.6) is 0 Å². The molecule has 0 aliphatic carbocycles. The van der Waals surface area contributed by atoms with E-state index in [0.29, 0.717) is 13.2 Å². The highest BCUT2D eigenvalue weighted by Crippen LogP contribution is 2.09. The molecule has 0 amide bonds. The molecule has 0 unspecified atom stereocenters. The molecule has 0 heterocycles. The minimum atomic E-state index is -0.233. The number of carbonyl (C=O) groups is 2. The van der Waals surface area contributed by atoms with Crippen LogP contribution in [-0.4, -0.2) is 38.4 Å². The molecule has 0 aromatic heterocycles. The molecule has 0 spiro atoms. The fourth-order valence-corrected chi connectivity index (χ4v) is 2.59. The van der Waals surface area contributed by atoms with Crippen LogP contribution in [0, 0.1) is 11.8 Å². The summed E-state index contributed by atoms with van der Waals surface area (Å²) in [6.45, 7) is 10.4. The lowest BCUT2D eigenvalue weighted by Crippen LogP contribution is -2.12. The number of esters is 2. The highest BCUT2D eigenvalue weighted by atomic mass is 16.5. The van der Waals surface area contributed by atoms with Crippen LogP contribution in [0.15, 0.2) is 0 Å². The first-order valence-corrected chi connectivity index (χ1v) is 10.8. The molecule has 160 valence electrons. The first kappa shape index (κ1) is 25.9. The van der Waals surface area contributed by atoms with Gasteiger partial charge in [0.25, 0.3) is 0 Å². The van der Waals surface area contributed by atoms with E-state index in [1.807, 2.05) is 0 Å². The van der Waals surface area contributed by atoms with Crippen LogP contribution >= 0.6 is 0 Å². The zero-order valence-corrected chi connectivity index (χ0v) is 18.1. The van der Waals surface area contributed by atoms with Gasteiger partial charge in [0.1, 0.15) is 0 Å². The molecular weight excluding hydrogens is 344 g/mol. The standard InChI is InChI=1S/C22H42O5/c1-19(2)11-7-5-9-15-26-21(23)13-17-25-18-14-22(24)27-16-10-6-8-12-20(3)4/h19-20H,5-18H2,1-4H3. The van der Waals surface area contributed by atoms with Crippen molar-refractivity contribution in [2.75, 3.05) is 26.4 Å². The van der Waals surface area contributed by atoms with Crippen molar-refractivity contribution in [2.24, 2.45) is 11.8 Å². The van der Waals surface area contributed by atoms with Gasteiger partial charge in [-0.1, -0.05) is 66.2 Å². The van der Waals surface area contributed by atoms with Crippen LogP contribution in [0.1, 0.15) is 91.9 Å². The normalized spacial score (nSPS) is 11.2. The van der Waals surface area contributed by atoms with Crippen LogP contribution in [-0.2, 0) is 23.8 Å². The van der Waals surface area contributed by atoms with E-state index in [0.717, 1.165) is 37.5 Å². The van der Waals surface area contributed by atoms with E-state index in [1.165, 1.54) is 25.7 Å². The molecule has 0 fully saturated rings. The van der Waals surface area contributed by atoms with Gasteiger partial charge >= 0.3 is 11.9 Å². The molecule has 0 saturated carbocycles. The van der Waals surface area contributed by atoms with Crippen molar-refractivity contribution in [3.8, 4) is 0 Å². The Labute approximate surface area is 166 Å². The van der Waals surface area contributed by atoms with E-state index in [1.54, 1.807) is 0 Å². The van der Waals surface area contributed by atoms with Crippen molar-refractivity contribution in [2.45, 2.75) is 91.9 Å². The first-order valence-electron chi connectivity index (χ1n) is 10.8. The number of carbonyl (C=O) groups excluding carboxylic acids is 2. The lowest BCUT2D eigenvalue weighted by molar-refractivity contribution is -0.145. The molecule has 0 saturated heterocycles. The summed E-state index contributed by atoms with van der Waals surface area (Å²) in [5.74, 6) is 0.999. The summed E-state index contributed by atoms with van der Waals surface area (Å²) in [6, 6.07) is 0. The van der Waals surface area contributed by atoms with Crippen molar-refractivity contribution < 1.29 is 23.8 Å². The van der Waals surface area contributed by atoms with Gasteiger partial charge in [0.15, 0.2) is 0 Å². The van der Waals surface area contributed by atoms with E-state index in [-0.39, 0.29) is 38.0 Å². The molecule has 5 heteroatoms. The summed E-state index contributed by atoms with van der Waals surface area (Å²) >= 11 is 0. The maximum atomic E-state index is 11.6. The maximum absolute atomic E-state index is 11.6. The molecule has 0 radical (unpaired) electrons. The van der Waals surface area contributed by atoms with Crippen molar-refractivity contribution in [1.29, 1.82) is 0 Å². The Morgan fingerprint density at radius 2 is 1.00 bits per heavy atom. The lowest BCUT2D eigenvalue weighted by Gasteiger charge is -2.07. The van der Waals surface area contributed by atoms with Gasteiger partial charge < -0.3 is 14.2 Å². The predicted molar refractivity (Wildman–Crippen MR) is 109 cm³/mol. The molecule has 0 aliphatic rings. The van der Waals surface area contributed by atoms with E-state index in [2.05, 4.69) is 27.7 Å². The van der Waals surface area contributed by atoms with Crippen LogP contribution in [0.25, 0.3) is 0 Å². The molecular formula is C22H42O5. The average Bonchev–Trinajstić information content (AvgIpc) is 2.60. The smallest absolute Gasteiger partial charge is 0.308 e. The van der Waals surface area contributed by atoms with Gasteiger partial charge in [-0.25, -0.2) is 0 Å². The van der Waals surface area contributed by atoms with Gasteiger partial charge in [-0.2, -0.15) is 0 Å². The summed E-state index contributed by atoms with van der Waals surface area (Å²) in [5.41, 5.74) is 0. The quantitative estimate of drug-likeness (QED) is 0.236. The largest absolute Gasteiger partial charge is 0.466 e. The maximum Gasteiger partial charge on any atom is 0.308 e. The van der Waals surface area contributed by atoms with Crippen LogP contribution in [0.2, 0.25) is 0 Å². The Balaban J connectivity index is 3.34. The van der Waals surface area contributed by atoms with Crippen molar-refractivity contribution in [1.82, 2.24) is 0 Å². The lowest BCUT2D eigenvalue weighted by atomic mass is 10.1. The molecule has 27 heavy (non-hydrogen) atoms. The second-order valence-electron chi connectivity index (χ2n) is 8.04. The van der Waals surface area contributed by atoms with Crippen molar-refractivity contribution in [3.05, 3.63) is 0 Å². The molecule has 0 atom stereocenters. The zero-order valence-electron chi connectivity index (χ0n) is 18.1. The Hall–Kier alpha value is -1.10. The SMILES string of the molecule is CC(C)CCCCCOC(=O)CCOCCC(=O)OCCCCCC(C)C. The van der Waals surface area contributed by atoms with E-state index in [4.69, 9.17) is 14.2 Å². The summed E-state index contributed by atoms with van der Waals surface area (Å²) < 4.78 is 15.6. The van der Waals surface area contributed by atoms with E-state index < -0.39 is 0 Å². The number of hydrogen-bond acceptors (Lipinski definition) is 5. The zero-order chi connectivity index (χ0) is 20.3. The Kier molecular flexibility index (Phi) is 17.5. The minimum Gasteiger partial charge on any atom is -0.466 e. The molecule has 0 aromatic rings. The minimum absolute atomic E-state index is 0.233. The van der Waals surface area contributed by atoms with E-state index >= 15 is 0 Å². The Morgan fingerprint density at radius 3 is 1.37 bits per heavy atom. The summed E-state index contributed by atoms with van der Waals surface area (Å²) in [4.78, 5) is 23.1. The fourth-order valence-electron chi connectivity index (χ4n) is 2.59. The monoisotopic (exact) mass is 386 g/mol. The second kappa shape index (κ2) is 18.3. The van der Waals surface area contributed by atoms with Gasteiger partial charge in [0.05, 0.1) is 39.3 Å². The molecule has 0 bridgehead atoms. The third-order valence-electron chi connectivity index (χ3n) is 4.28. The molecule has 0 N–H and O–H groups in total. The Morgan fingerprint density at radius 1 is 0.593 bits per heavy atom. The number of rotatable bonds is 18. The summed E-state index contributed by atoms with van der Waals surface area (Å²) in [5, 5.41) is 0. The highest BCUT2D eigenvalue weighted by molar-refractivity contribution is 5.70. The molecule has 0 rings (SSSR count).